The molecule has 1 fully saturated rings. The minimum atomic E-state index is -0.174. The van der Waals surface area contributed by atoms with Crippen LogP contribution in [-0.4, -0.2) is 54.1 Å². The van der Waals surface area contributed by atoms with E-state index >= 15 is 0 Å². The largest absolute Gasteiger partial charge is 0.393 e. The molecule has 3 N–H and O–H groups in total. The van der Waals surface area contributed by atoms with Gasteiger partial charge in [0.25, 0.3) is 0 Å². The fourth-order valence-corrected chi connectivity index (χ4v) is 3.06. The molecule has 8 nitrogen and oxygen atoms in total. The first-order valence-electron chi connectivity index (χ1n) is 7.92. The molecule has 0 spiro atoms. The van der Waals surface area contributed by atoms with Crippen LogP contribution in [0.15, 0.2) is 24.7 Å². The van der Waals surface area contributed by atoms with E-state index in [4.69, 9.17) is 0 Å². The number of nitrogens with zero attached hydrogens (tertiary/aromatic N) is 5. The van der Waals surface area contributed by atoms with E-state index in [9.17, 15) is 5.11 Å². The summed E-state index contributed by atoms with van der Waals surface area (Å²) in [7, 11) is 0. The van der Waals surface area contributed by atoms with Gasteiger partial charge >= 0.3 is 0 Å². The van der Waals surface area contributed by atoms with Crippen LogP contribution in [0.25, 0.3) is 5.82 Å². The molecule has 0 unspecified atom stereocenters. The summed E-state index contributed by atoms with van der Waals surface area (Å²) in [5.74, 6) is 2.68. The van der Waals surface area contributed by atoms with E-state index in [1.165, 1.54) is 0 Å². The van der Waals surface area contributed by atoms with Crippen LogP contribution >= 0.6 is 0 Å². The molecule has 122 valence electrons. The highest BCUT2D eigenvalue weighted by Gasteiger charge is 2.25. The third kappa shape index (κ3) is 2.82. The second-order valence-corrected chi connectivity index (χ2v) is 6.07. The number of piperidine rings is 1. The fourth-order valence-electron chi connectivity index (χ4n) is 3.06. The number of aliphatic hydroxyl groups is 1. The number of aryl methyl sites for hydroxylation is 1. The number of aromatic amines is 1. The zero-order chi connectivity index (χ0) is 15.8. The van der Waals surface area contributed by atoms with Crippen molar-refractivity contribution in [1.82, 2.24) is 29.8 Å². The second-order valence-electron chi connectivity index (χ2n) is 6.07. The number of anilines is 1. The Hall–Kier alpha value is -2.32. The van der Waals surface area contributed by atoms with Gasteiger partial charge in [-0.2, -0.15) is 5.10 Å². The first kappa shape index (κ1) is 14.3. The van der Waals surface area contributed by atoms with Crippen molar-refractivity contribution in [3.63, 3.8) is 0 Å². The lowest BCUT2D eigenvalue weighted by Crippen LogP contribution is -2.47. The second kappa shape index (κ2) is 5.71. The van der Waals surface area contributed by atoms with Gasteiger partial charge in [-0.25, -0.2) is 9.99 Å². The Morgan fingerprint density at radius 1 is 1.35 bits per heavy atom. The predicted molar refractivity (Wildman–Crippen MR) is 85.8 cm³/mol. The molecule has 0 radical (unpaired) electrons. The van der Waals surface area contributed by atoms with Crippen molar-refractivity contribution in [3.05, 3.63) is 36.2 Å². The van der Waals surface area contributed by atoms with Crippen LogP contribution in [-0.2, 0) is 6.54 Å². The summed E-state index contributed by atoms with van der Waals surface area (Å²) < 4.78 is 2.04. The van der Waals surface area contributed by atoms with E-state index in [-0.39, 0.29) is 6.10 Å². The van der Waals surface area contributed by atoms with Gasteiger partial charge < -0.3 is 15.4 Å². The SMILES string of the molecule is Cc1cc(NC2=CN(N3CCC(O)CC3)Cc3nccn32)n[nH]1. The van der Waals surface area contributed by atoms with Gasteiger partial charge in [0.05, 0.1) is 18.8 Å². The summed E-state index contributed by atoms with van der Waals surface area (Å²) in [6.07, 6.45) is 7.28. The number of imidazole rings is 1. The van der Waals surface area contributed by atoms with Crippen LogP contribution in [0.1, 0.15) is 24.4 Å². The maximum Gasteiger partial charge on any atom is 0.153 e. The number of aromatic nitrogens is 4. The van der Waals surface area contributed by atoms with E-state index in [1.54, 1.807) is 0 Å². The average molecular weight is 315 g/mol. The fraction of sp³-hybridized carbons (Fsp3) is 0.467. The summed E-state index contributed by atoms with van der Waals surface area (Å²) in [5, 5.41) is 24.7. The van der Waals surface area contributed by atoms with E-state index in [1.807, 2.05) is 30.0 Å². The minimum absolute atomic E-state index is 0.174. The van der Waals surface area contributed by atoms with E-state index in [0.29, 0.717) is 0 Å². The highest BCUT2D eigenvalue weighted by atomic mass is 16.3. The molecule has 2 aliphatic rings. The molecule has 0 bridgehead atoms. The lowest BCUT2D eigenvalue weighted by atomic mass is 10.1. The molecular weight excluding hydrogens is 294 g/mol. The summed E-state index contributed by atoms with van der Waals surface area (Å²) >= 11 is 0. The normalized spacial score (nSPS) is 19.6. The van der Waals surface area contributed by atoms with Crippen molar-refractivity contribution in [2.45, 2.75) is 32.4 Å². The van der Waals surface area contributed by atoms with Crippen LogP contribution in [0.5, 0.6) is 0 Å². The molecule has 23 heavy (non-hydrogen) atoms. The Kier molecular flexibility index (Phi) is 3.55. The Morgan fingerprint density at radius 2 is 2.17 bits per heavy atom. The van der Waals surface area contributed by atoms with Crippen LogP contribution in [0.2, 0.25) is 0 Å². The Balaban J connectivity index is 1.58. The minimum Gasteiger partial charge on any atom is -0.393 e. The molecule has 2 aromatic heterocycles. The van der Waals surface area contributed by atoms with Gasteiger partial charge in [0.15, 0.2) is 5.82 Å². The molecule has 0 atom stereocenters. The molecule has 0 aromatic carbocycles. The summed E-state index contributed by atoms with van der Waals surface area (Å²) in [6.45, 7) is 4.41. The van der Waals surface area contributed by atoms with Crippen LogP contribution in [0.4, 0.5) is 5.82 Å². The first-order chi connectivity index (χ1) is 11.2. The van der Waals surface area contributed by atoms with Crippen molar-refractivity contribution in [1.29, 1.82) is 0 Å². The summed E-state index contributed by atoms with van der Waals surface area (Å²) in [4.78, 5) is 4.45. The highest BCUT2D eigenvalue weighted by Crippen LogP contribution is 2.23. The number of rotatable bonds is 3. The van der Waals surface area contributed by atoms with Gasteiger partial charge in [-0.1, -0.05) is 0 Å². The summed E-state index contributed by atoms with van der Waals surface area (Å²) in [5.41, 5.74) is 1.01. The van der Waals surface area contributed by atoms with Gasteiger partial charge in [-0.05, 0) is 19.8 Å². The lowest BCUT2D eigenvalue weighted by Gasteiger charge is -2.40. The molecule has 0 amide bonds. The zero-order valence-corrected chi connectivity index (χ0v) is 13.1. The van der Waals surface area contributed by atoms with Crippen molar-refractivity contribution in [3.8, 4) is 0 Å². The monoisotopic (exact) mass is 315 g/mol. The van der Waals surface area contributed by atoms with E-state index in [2.05, 4.69) is 36.7 Å². The number of nitrogens with one attached hydrogen (secondary N) is 2. The molecule has 2 aromatic rings. The lowest BCUT2D eigenvalue weighted by molar-refractivity contribution is -0.0393. The van der Waals surface area contributed by atoms with Gasteiger partial charge in [0.2, 0.25) is 0 Å². The van der Waals surface area contributed by atoms with E-state index < -0.39 is 0 Å². The third-order valence-corrected chi connectivity index (χ3v) is 4.32. The van der Waals surface area contributed by atoms with Crippen molar-refractivity contribution in [2.24, 2.45) is 0 Å². The molecular formula is C15H21N7O. The molecule has 1 saturated heterocycles. The first-order valence-corrected chi connectivity index (χ1v) is 7.92. The molecule has 0 aliphatic carbocycles. The standard InChI is InChI=1S/C15H21N7O/c1-11-8-13(19-18-11)17-15-10-21(9-14-16-4-7-22(14)15)20-5-2-12(23)3-6-20/h4,7-8,10,12,23H,2-3,5-6,9H2,1H3,(H2,17,18,19). The predicted octanol–water partition coefficient (Wildman–Crippen LogP) is 0.970. The number of fused-ring (bicyclic) bond motifs is 1. The third-order valence-electron chi connectivity index (χ3n) is 4.32. The van der Waals surface area contributed by atoms with Crippen molar-refractivity contribution < 1.29 is 5.11 Å². The van der Waals surface area contributed by atoms with Gasteiger partial charge in [0.1, 0.15) is 11.6 Å². The van der Waals surface area contributed by atoms with Crippen LogP contribution in [0.3, 0.4) is 0 Å². The number of aliphatic hydroxyl groups excluding tert-OH is 1. The number of H-pyrrole nitrogens is 1. The van der Waals surface area contributed by atoms with Gasteiger partial charge in [-0.3, -0.25) is 9.67 Å². The maximum absolute atomic E-state index is 9.70. The number of hydrogen-bond donors (Lipinski definition) is 3. The Morgan fingerprint density at radius 3 is 2.91 bits per heavy atom. The molecule has 2 aliphatic heterocycles. The average Bonchev–Trinajstić information content (AvgIpc) is 3.17. The highest BCUT2D eigenvalue weighted by molar-refractivity contribution is 5.63. The van der Waals surface area contributed by atoms with Crippen LogP contribution in [0, 0.1) is 6.92 Å². The smallest absolute Gasteiger partial charge is 0.153 e. The quantitative estimate of drug-likeness (QED) is 0.782. The summed E-state index contributed by atoms with van der Waals surface area (Å²) in [6, 6.07) is 1.97. The van der Waals surface area contributed by atoms with Crippen LogP contribution < -0.4 is 5.32 Å². The molecule has 0 saturated carbocycles. The zero-order valence-electron chi connectivity index (χ0n) is 13.1. The van der Waals surface area contributed by atoms with Crippen molar-refractivity contribution >= 4 is 11.6 Å². The van der Waals surface area contributed by atoms with Gasteiger partial charge in [0, 0.05) is 37.2 Å². The maximum atomic E-state index is 9.70. The topological polar surface area (TPSA) is 85.2 Å². The Bertz CT molecular complexity index is 711. The molecule has 4 rings (SSSR count). The Labute approximate surface area is 134 Å². The van der Waals surface area contributed by atoms with E-state index in [0.717, 1.165) is 55.6 Å². The number of hydrazine groups is 1. The molecule has 8 heteroatoms. The van der Waals surface area contributed by atoms with Gasteiger partial charge in [-0.15, -0.1) is 0 Å². The number of hydrogen-bond acceptors (Lipinski definition) is 6. The molecule has 4 heterocycles. The van der Waals surface area contributed by atoms with Crippen molar-refractivity contribution in [2.75, 3.05) is 18.4 Å².